The third-order valence-corrected chi connectivity index (χ3v) is 4.31. The molecular formula is C20H39NO3. The maximum absolute atomic E-state index is 10.9. The van der Waals surface area contributed by atoms with Crippen LogP contribution in [0.15, 0.2) is 12.2 Å². The number of carbonyl (C=O) groups excluding carboxylic acids is 1. The Morgan fingerprint density at radius 3 is 1.92 bits per heavy atom. The van der Waals surface area contributed by atoms with Crippen molar-refractivity contribution < 1.29 is 15.0 Å². The van der Waals surface area contributed by atoms with E-state index in [0.717, 1.165) is 12.8 Å². The van der Waals surface area contributed by atoms with Gasteiger partial charge in [0.25, 0.3) is 0 Å². The smallest absolute Gasteiger partial charge is 0.217 e. The lowest BCUT2D eigenvalue weighted by molar-refractivity contribution is -0.120. The van der Waals surface area contributed by atoms with Crippen molar-refractivity contribution in [1.82, 2.24) is 5.32 Å². The van der Waals surface area contributed by atoms with Crippen LogP contribution in [0.3, 0.4) is 0 Å². The third-order valence-electron chi connectivity index (χ3n) is 4.31. The predicted molar refractivity (Wildman–Crippen MR) is 101 cm³/mol. The second-order valence-electron chi connectivity index (χ2n) is 6.73. The molecule has 0 aromatic heterocycles. The number of nitrogens with one attached hydrogen (secondary N) is 1. The van der Waals surface area contributed by atoms with E-state index >= 15 is 0 Å². The van der Waals surface area contributed by atoms with Gasteiger partial charge >= 0.3 is 0 Å². The van der Waals surface area contributed by atoms with Crippen LogP contribution < -0.4 is 5.32 Å². The van der Waals surface area contributed by atoms with Crippen LogP contribution in [-0.4, -0.2) is 34.9 Å². The zero-order valence-corrected chi connectivity index (χ0v) is 15.8. The van der Waals surface area contributed by atoms with Crippen LogP contribution in [0.1, 0.15) is 90.9 Å². The van der Waals surface area contributed by atoms with Gasteiger partial charge in [-0.15, -0.1) is 0 Å². The second-order valence-corrected chi connectivity index (χ2v) is 6.73. The lowest BCUT2D eigenvalue weighted by atomic mass is 10.0. The molecule has 4 nitrogen and oxygen atoms in total. The molecule has 3 N–H and O–H groups in total. The fourth-order valence-corrected chi connectivity index (χ4v) is 2.80. The van der Waals surface area contributed by atoms with Crippen molar-refractivity contribution in [3.05, 3.63) is 12.2 Å². The minimum Gasteiger partial charge on any atom is -0.394 e. The minimum absolute atomic E-state index is 0.244. The predicted octanol–water partition coefficient (Wildman–Crippen LogP) is 4.10. The molecule has 0 rings (SSSR count). The van der Waals surface area contributed by atoms with Crippen LogP contribution in [0.25, 0.3) is 0 Å². The maximum Gasteiger partial charge on any atom is 0.217 e. The van der Waals surface area contributed by atoms with Crippen molar-refractivity contribution in [3.63, 3.8) is 0 Å². The molecular weight excluding hydrogens is 302 g/mol. The number of aliphatic hydroxyl groups excluding tert-OH is 2. The van der Waals surface area contributed by atoms with Gasteiger partial charge < -0.3 is 15.5 Å². The maximum atomic E-state index is 10.9. The van der Waals surface area contributed by atoms with E-state index < -0.39 is 12.1 Å². The van der Waals surface area contributed by atoms with Gasteiger partial charge in [0.2, 0.25) is 5.91 Å². The molecule has 0 radical (unpaired) electrons. The summed E-state index contributed by atoms with van der Waals surface area (Å²) in [5, 5.41) is 21.5. The van der Waals surface area contributed by atoms with E-state index in [9.17, 15) is 9.90 Å². The summed E-state index contributed by atoms with van der Waals surface area (Å²) in [6.45, 7) is 3.37. The van der Waals surface area contributed by atoms with Gasteiger partial charge in [0.1, 0.15) is 0 Å². The SMILES string of the molecule is CCCCCCCCCCCCCC=C[C@H](O)[C@@H](CO)NC(C)=O. The van der Waals surface area contributed by atoms with Gasteiger partial charge in [-0.2, -0.15) is 0 Å². The number of amides is 1. The van der Waals surface area contributed by atoms with Gasteiger partial charge in [0, 0.05) is 6.92 Å². The minimum atomic E-state index is -0.827. The van der Waals surface area contributed by atoms with E-state index in [1.807, 2.05) is 6.08 Å². The Hall–Kier alpha value is -0.870. The first-order valence-electron chi connectivity index (χ1n) is 9.84. The Bertz CT molecular complexity index is 318. The molecule has 0 aromatic carbocycles. The molecule has 142 valence electrons. The molecule has 0 saturated carbocycles. The van der Waals surface area contributed by atoms with E-state index in [0.29, 0.717) is 0 Å². The Morgan fingerprint density at radius 1 is 0.958 bits per heavy atom. The molecule has 0 spiro atoms. The van der Waals surface area contributed by atoms with E-state index in [1.54, 1.807) is 6.08 Å². The highest BCUT2D eigenvalue weighted by Crippen LogP contribution is 2.12. The van der Waals surface area contributed by atoms with Crippen molar-refractivity contribution in [3.8, 4) is 0 Å². The molecule has 24 heavy (non-hydrogen) atoms. The van der Waals surface area contributed by atoms with Gasteiger partial charge in [0.15, 0.2) is 0 Å². The number of carbonyl (C=O) groups is 1. The Labute approximate surface area is 148 Å². The van der Waals surface area contributed by atoms with Gasteiger partial charge in [-0.1, -0.05) is 83.3 Å². The van der Waals surface area contributed by atoms with Crippen LogP contribution in [0, 0.1) is 0 Å². The Morgan fingerprint density at radius 2 is 1.46 bits per heavy atom. The number of allylic oxidation sites excluding steroid dienone is 1. The summed E-state index contributed by atoms with van der Waals surface area (Å²) in [6, 6.07) is -0.615. The summed E-state index contributed by atoms with van der Waals surface area (Å²) >= 11 is 0. The molecule has 0 fully saturated rings. The standard InChI is InChI=1S/C20H39NO3/c1-3-4-5-6-7-8-9-10-11-12-13-14-15-16-20(24)19(17-22)21-18(2)23/h15-16,19-20,22,24H,3-14,17H2,1-2H3,(H,21,23)/t19-,20+/m1/s1. The van der Waals surface area contributed by atoms with Crippen LogP contribution in [0.2, 0.25) is 0 Å². The highest BCUT2D eigenvalue weighted by molar-refractivity contribution is 5.73. The number of unbranched alkanes of at least 4 members (excludes halogenated alkanes) is 11. The molecule has 0 aliphatic carbocycles. The van der Waals surface area contributed by atoms with Crippen molar-refractivity contribution in [2.75, 3.05) is 6.61 Å². The molecule has 0 aliphatic rings. The lowest BCUT2D eigenvalue weighted by Crippen LogP contribution is -2.44. The fraction of sp³-hybridized carbons (Fsp3) is 0.850. The first kappa shape index (κ1) is 23.1. The van der Waals surface area contributed by atoms with Crippen molar-refractivity contribution in [2.45, 2.75) is 103 Å². The number of rotatable bonds is 16. The molecule has 0 aliphatic heterocycles. The quantitative estimate of drug-likeness (QED) is 0.292. The molecule has 4 heteroatoms. The monoisotopic (exact) mass is 341 g/mol. The van der Waals surface area contributed by atoms with Crippen LogP contribution in [-0.2, 0) is 4.79 Å². The molecule has 1 amide bonds. The molecule has 0 aromatic rings. The Balaban J connectivity index is 3.47. The summed E-state index contributed by atoms with van der Waals surface area (Å²) in [6.07, 6.45) is 18.3. The second kappa shape index (κ2) is 17.0. The number of hydrogen-bond donors (Lipinski definition) is 3. The van der Waals surface area contributed by atoms with Gasteiger partial charge in [-0.05, 0) is 12.8 Å². The topological polar surface area (TPSA) is 69.6 Å². The Kier molecular flexibility index (Phi) is 16.4. The van der Waals surface area contributed by atoms with Crippen LogP contribution >= 0.6 is 0 Å². The molecule has 0 saturated heterocycles. The average Bonchev–Trinajstić information content (AvgIpc) is 2.56. The van der Waals surface area contributed by atoms with Gasteiger partial charge in [-0.25, -0.2) is 0 Å². The number of hydrogen-bond acceptors (Lipinski definition) is 3. The first-order chi connectivity index (χ1) is 11.6. The molecule has 2 atom stereocenters. The van der Waals surface area contributed by atoms with E-state index in [2.05, 4.69) is 12.2 Å². The van der Waals surface area contributed by atoms with Crippen LogP contribution in [0.5, 0.6) is 0 Å². The third kappa shape index (κ3) is 14.7. The number of aliphatic hydroxyl groups is 2. The fourth-order valence-electron chi connectivity index (χ4n) is 2.80. The normalized spacial score (nSPS) is 14.0. The zero-order chi connectivity index (χ0) is 18.0. The molecule has 0 bridgehead atoms. The zero-order valence-electron chi connectivity index (χ0n) is 15.8. The first-order valence-corrected chi connectivity index (χ1v) is 9.84. The molecule has 0 heterocycles. The summed E-state index contributed by atoms with van der Waals surface area (Å²) in [4.78, 5) is 10.9. The largest absolute Gasteiger partial charge is 0.394 e. The highest BCUT2D eigenvalue weighted by Gasteiger charge is 2.15. The summed E-state index contributed by atoms with van der Waals surface area (Å²) in [7, 11) is 0. The van der Waals surface area contributed by atoms with Crippen molar-refractivity contribution in [2.24, 2.45) is 0 Å². The molecule has 0 unspecified atom stereocenters. The van der Waals surface area contributed by atoms with Crippen LogP contribution in [0.4, 0.5) is 0 Å². The van der Waals surface area contributed by atoms with Crippen molar-refractivity contribution >= 4 is 5.91 Å². The highest BCUT2D eigenvalue weighted by atomic mass is 16.3. The van der Waals surface area contributed by atoms with Crippen molar-refractivity contribution in [1.29, 1.82) is 0 Å². The van der Waals surface area contributed by atoms with E-state index in [4.69, 9.17) is 5.11 Å². The summed E-state index contributed by atoms with van der Waals surface area (Å²) < 4.78 is 0. The van der Waals surface area contributed by atoms with Gasteiger partial charge in [0.05, 0.1) is 18.8 Å². The van der Waals surface area contributed by atoms with E-state index in [-0.39, 0.29) is 12.5 Å². The summed E-state index contributed by atoms with van der Waals surface area (Å²) in [5.41, 5.74) is 0. The lowest BCUT2D eigenvalue weighted by Gasteiger charge is -2.18. The van der Waals surface area contributed by atoms with Gasteiger partial charge in [-0.3, -0.25) is 4.79 Å². The van der Waals surface area contributed by atoms with E-state index in [1.165, 1.54) is 71.1 Å². The summed E-state index contributed by atoms with van der Waals surface area (Å²) in [5.74, 6) is -0.244. The average molecular weight is 342 g/mol.